The summed E-state index contributed by atoms with van der Waals surface area (Å²) in [6, 6.07) is 15.4. The smallest absolute Gasteiger partial charge is 0.187 e. The molecule has 0 atom stereocenters. The van der Waals surface area contributed by atoms with Gasteiger partial charge in [0.25, 0.3) is 0 Å². The first-order chi connectivity index (χ1) is 12.2. The molecule has 0 aliphatic heterocycles. The summed E-state index contributed by atoms with van der Waals surface area (Å²) in [6.07, 6.45) is 0.996. The minimum Gasteiger partial charge on any atom is -0.494 e. The van der Waals surface area contributed by atoms with E-state index in [-0.39, 0.29) is 5.78 Å². The fourth-order valence-electron chi connectivity index (χ4n) is 2.32. The largest absolute Gasteiger partial charge is 0.494 e. The minimum atomic E-state index is 0.0643. The van der Waals surface area contributed by atoms with E-state index in [0.29, 0.717) is 5.56 Å². The van der Waals surface area contributed by atoms with Crippen LogP contribution in [0.25, 0.3) is 11.3 Å². The summed E-state index contributed by atoms with van der Waals surface area (Å²) in [6.45, 7) is 4.38. The fraction of sp³-hybridized carbons (Fsp3) is 0.200. The zero-order valence-electron chi connectivity index (χ0n) is 14.3. The number of carbonyl (C=O) groups excluding carboxylic acids is 1. The van der Waals surface area contributed by atoms with E-state index in [0.717, 1.165) is 40.9 Å². The quantitative estimate of drug-likeness (QED) is 0.567. The lowest BCUT2D eigenvalue weighted by atomic mass is 10.1. The van der Waals surface area contributed by atoms with Crippen molar-refractivity contribution < 1.29 is 9.53 Å². The molecule has 2 aromatic carbocycles. The third-order valence-corrected chi connectivity index (χ3v) is 4.43. The van der Waals surface area contributed by atoms with E-state index < -0.39 is 0 Å². The molecule has 0 spiro atoms. The number of nitrogens with zero attached hydrogens (tertiary/aromatic N) is 1. The van der Waals surface area contributed by atoms with Gasteiger partial charge in [-0.05, 0) is 61.9 Å². The lowest BCUT2D eigenvalue weighted by molar-refractivity contribution is 0.101. The van der Waals surface area contributed by atoms with Gasteiger partial charge in [0.05, 0.1) is 12.3 Å². The number of rotatable bonds is 7. The molecule has 1 heterocycles. The number of ketones is 1. The first-order valence-corrected chi connectivity index (χ1v) is 9.10. The lowest BCUT2D eigenvalue weighted by Gasteiger charge is -2.05. The van der Waals surface area contributed by atoms with Crippen LogP contribution in [0.5, 0.6) is 5.75 Å². The van der Waals surface area contributed by atoms with Crippen molar-refractivity contribution in [2.24, 2.45) is 0 Å². The van der Waals surface area contributed by atoms with E-state index >= 15 is 0 Å². The van der Waals surface area contributed by atoms with E-state index in [1.54, 1.807) is 18.3 Å². The van der Waals surface area contributed by atoms with Crippen LogP contribution in [-0.2, 0) is 0 Å². The Kier molecular flexibility index (Phi) is 5.46. The second kappa shape index (κ2) is 7.94. The molecule has 25 heavy (non-hydrogen) atoms. The molecule has 3 aromatic rings. The fourth-order valence-corrected chi connectivity index (χ4v) is 3.06. The molecule has 0 radical (unpaired) electrons. The molecule has 4 nitrogen and oxygen atoms in total. The second-order valence-electron chi connectivity index (χ2n) is 5.67. The van der Waals surface area contributed by atoms with Gasteiger partial charge in [0.1, 0.15) is 5.75 Å². The average Bonchev–Trinajstić information content (AvgIpc) is 3.09. The first-order valence-electron chi connectivity index (χ1n) is 8.22. The molecule has 0 fully saturated rings. The van der Waals surface area contributed by atoms with E-state index in [4.69, 9.17) is 4.74 Å². The molecule has 3 rings (SSSR count). The molecule has 5 heteroatoms. The van der Waals surface area contributed by atoms with Crippen molar-refractivity contribution in [1.82, 2.24) is 4.98 Å². The summed E-state index contributed by atoms with van der Waals surface area (Å²) in [5.74, 6) is 0.944. The maximum absolute atomic E-state index is 11.3. The van der Waals surface area contributed by atoms with Crippen LogP contribution in [0, 0.1) is 0 Å². The predicted octanol–water partition coefficient (Wildman–Crippen LogP) is 5.55. The number of Topliss-reactive ketones (excluding diaryl/α,β-unsaturated/α-hetero) is 1. The van der Waals surface area contributed by atoms with Crippen LogP contribution in [0.15, 0.2) is 53.9 Å². The van der Waals surface area contributed by atoms with Crippen LogP contribution in [0.4, 0.5) is 10.8 Å². The third kappa shape index (κ3) is 4.45. The average molecular weight is 352 g/mol. The number of hydrogen-bond donors (Lipinski definition) is 1. The van der Waals surface area contributed by atoms with Crippen molar-refractivity contribution in [3.8, 4) is 17.0 Å². The Hall–Kier alpha value is -2.66. The van der Waals surface area contributed by atoms with Crippen molar-refractivity contribution in [3.05, 3.63) is 59.5 Å². The Bertz CT molecular complexity index is 839. The van der Waals surface area contributed by atoms with Gasteiger partial charge < -0.3 is 10.1 Å². The first kappa shape index (κ1) is 17.2. The Morgan fingerprint density at radius 3 is 2.48 bits per heavy atom. The van der Waals surface area contributed by atoms with Crippen LogP contribution < -0.4 is 10.1 Å². The van der Waals surface area contributed by atoms with Gasteiger partial charge in [-0.15, -0.1) is 11.3 Å². The summed E-state index contributed by atoms with van der Waals surface area (Å²) in [5, 5.41) is 6.11. The number of benzene rings is 2. The number of ether oxygens (including phenoxy) is 1. The van der Waals surface area contributed by atoms with E-state index in [1.807, 2.05) is 53.9 Å². The van der Waals surface area contributed by atoms with Gasteiger partial charge in [0.2, 0.25) is 0 Å². The van der Waals surface area contributed by atoms with Crippen molar-refractivity contribution in [2.45, 2.75) is 20.3 Å². The molecule has 0 saturated heterocycles. The Labute approximate surface area is 151 Å². The van der Waals surface area contributed by atoms with Crippen molar-refractivity contribution in [3.63, 3.8) is 0 Å². The van der Waals surface area contributed by atoms with Gasteiger partial charge in [-0.2, -0.15) is 0 Å². The highest BCUT2D eigenvalue weighted by Crippen LogP contribution is 2.28. The van der Waals surface area contributed by atoms with Gasteiger partial charge in [-0.1, -0.05) is 6.92 Å². The highest BCUT2D eigenvalue weighted by atomic mass is 32.1. The predicted molar refractivity (Wildman–Crippen MR) is 103 cm³/mol. The summed E-state index contributed by atoms with van der Waals surface area (Å²) >= 11 is 1.55. The van der Waals surface area contributed by atoms with Crippen LogP contribution in [0.3, 0.4) is 0 Å². The second-order valence-corrected chi connectivity index (χ2v) is 6.53. The van der Waals surface area contributed by atoms with Crippen LogP contribution >= 0.6 is 11.3 Å². The number of nitrogens with one attached hydrogen (secondary N) is 1. The monoisotopic (exact) mass is 352 g/mol. The Morgan fingerprint density at radius 1 is 1.12 bits per heavy atom. The van der Waals surface area contributed by atoms with Crippen LogP contribution in [0.1, 0.15) is 30.6 Å². The normalized spacial score (nSPS) is 10.5. The maximum atomic E-state index is 11.3. The molecular formula is C20H20N2O2S. The van der Waals surface area contributed by atoms with E-state index in [9.17, 15) is 4.79 Å². The molecule has 1 N–H and O–H groups in total. The summed E-state index contributed by atoms with van der Waals surface area (Å²) in [4.78, 5) is 15.9. The molecule has 0 unspecified atom stereocenters. The zero-order chi connectivity index (χ0) is 17.6. The van der Waals surface area contributed by atoms with E-state index in [2.05, 4.69) is 17.2 Å². The van der Waals surface area contributed by atoms with Gasteiger partial charge in [-0.3, -0.25) is 4.79 Å². The molecule has 0 aliphatic rings. The molecule has 128 valence electrons. The zero-order valence-corrected chi connectivity index (χ0v) is 15.1. The highest BCUT2D eigenvalue weighted by Gasteiger charge is 2.06. The molecule has 0 bridgehead atoms. The van der Waals surface area contributed by atoms with Gasteiger partial charge in [0, 0.05) is 22.2 Å². The highest BCUT2D eigenvalue weighted by molar-refractivity contribution is 7.14. The van der Waals surface area contributed by atoms with Gasteiger partial charge >= 0.3 is 0 Å². The summed E-state index contributed by atoms with van der Waals surface area (Å²) < 4.78 is 5.60. The minimum absolute atomic E-state index is 0.0643. The topological polar surface area (TPSA) is 51.2 Å². The van der Waals surface area contributed by atoms with Crippen molar-refractivity contribution in [2.75, 3.05) is 11.9 Å². The Morgan fingerprint density at radius 2 is 1.84 bits per heavy atom. The number of hydrogen-bond acceptors (Lipinski definition) is 5. The third-order valence-electron chi connectivity index (χ3n) is 3.67. The molecular weight excluding hydrogens is 332 g/mol. The number of aromatic nitrogens is 1. The number of anilines is 2. The van der Waals surface area contributed by atoms with Crippen molar-refractivity contribution >= 4 is 27.9 Å². The summed E-state index contributed by atoms with van der Waals surface area (Å²) in [5.41, 5.74) is 3.60. The van der Waals surface area contributed by atoms with Gasteiger partial charge in [0.15, 0.2) is 10.9 Å². The van der Waals surface area contributed by atoms with Crippen molar-refractivity contribution in [1.29, 1.82) is 0 Å². The molecule has 1 aromatic heterocycles. The number of carbonyl (C=O) groups is 1. The van der Waals surface area contributed by atoms with E-state index in [1.165, 1.54) is 0 Å². The SMILES string of the molecule is CCCOc1ccc(-c2csc(Nc3ccc(C(C)=O)cc3)n2)cc1. The lowest BCUT2D eigenvalue weighted by Crippen LogP contribution is -1.94. The van der Waals surface area contributed by atoms with Gasteiger partial charge in [-0.25, -0.2) is 4.98 Å². The van der Waals surface area contributed by atoms with Crippen LogP contribution in [0.2, 0.25) is 0 Å². The molecule has 0 amide bonds. The van der Waals surface area contributed by atoms with Crippen LogP contribution in [-0.4, -0.2) is 17.4 Å². The molecule has 0 aliphatic carbocycles. The number of thiazole rings is 1. The summed E-state index contributed by atoms with van der Waals surface area (Å²) in [7, 11) is 0. The Balaban J connectivity index is 1.68. The standard InChI is InChI=1S/C20H20N2O2S/c1-3-12-24-18-10-6-16(7-11-18)19-13-25-20(22-19)21-17-8-4-15(5-9-17)14(2)23/h4-11,13H,3,12H2,1-2H3,(H,21,22). The molecule has 0 saturated carbocycles. The maximum Gasteiger partial charge on any atom is 0.187 e.